The van der Waals surface area contributed by atoms with Gasteiger partial charge in [0.2, 0.25) is 0 Å². The van der Waals surface area contributed by atoms with Crippen molar-refractivity contribution in [1.82, 2.24) is 0 Å². The van der Waals surface area contributed by atoms with Crippen molar-refractivity contribution < 1.29 is 0 Å². The summed E-state index contributed by atoms with van der Waals surface area (Å²) in [7, 11) is 0. The molecule has 0 bridgehead atoms. The minimum absolute atomic E-state index is 0.574. The van der Waals surface area contributed by atoms with Crippen LogP contribution in [0, 0.1) is 0 Å². The molecule has 0 heterocycles. The number of alkyl halides is 1. The minimum Gasteiger partial charge on any atom is -0.109 e. The first-order valence-electron chi connectivity index (χ1n) is 5.21. The van der Waals surface area contributed by atoms with Crippen LogP contribution in [0.15, 0.2) is 48.5 Å². The number of halogens is 3. The van der Waals surface area contributed by atoms with Gasteiger partial charge in [-0.3, -0.25) is 0 Å². The van der Waals surface area contributed by atoms with E-state index in [-0.39, 0.29) is 0 Å². The Labute approximate surface area is 116 Å². The Hall–Kier alpha value is -0.690. The van der Waals surface area contributed by atoms with Crippen molar-refractivity contribution in [1.29, 1.82) is 0 Å². The summed E-state index contributed by atoms with van der Waals surface area (Å²) < 4.78 is 0. The molecule has 0 atom stereocenters. The maximum absolute atomic E-state index is 6.61. The first-order valence-corrected chi connectivity index (χ1v) is 6.34. The highest BCUT2D eigenvalue weighted by atomic mass is 35.5. The van der Waals surface area contributed by atoms with Crippen LogP contribution in [0.5, 0.6) is 0 Å². The topological polar surface area (TPSA) is 0 Å². The summed E-state index contributed by atoms with van der Waals surface area (Å²) in [6, 6.07) is 15.1. The van der Waals surface area contributed by atoms with Crippen molar-refractivity contribution in [2.75, 3.05) is 0 Å². The average molecular weight is 286 g/mol. The SMILES string of the molecule is CC(Cl)(c1ccc(Cl)cc1)c1ccc(Cl)cc1. The van der Waals surface area contributed by atoms with E-state index in [1.165, 1.54) is 0 Å². The molecule has 0 saturated carbocycles. The largest absolute Gasteiger partial charge is 0.109 e. The van der Waals surface area contributed by atoms with Crippen LogP contribution in [-0.4, -0.2) is 0 Å². The molecule has 0 aliphatic rings. The highest BCUT2D eigenvalue weighted by Crippen LogP contribution is 2.36. The Bertz CT molecular complexity index is 450. The van der Waals surface area contributed by atoms with Crippen LogP contribution >= 0.6 is 34.8 Å². The zero-order valence-electron chi connectivity index (χ0n) is 9.25. The van der Waals surface area contributed by atoms with E-state index >= 15 is 0 Å². The predicted octanol–water partition coefficient (Wildman–Crippen LogP) is 5.50. The second kappa shape index (κ2) is 4.89. The van der Waals surface area contributed by atoms with Gasteiger partial charge in [0.05, 0.1) is 4.87 Å². The lowest BCUT2D eigenvalue weighted by molar-refractivity contribution is 0.823. The Morgan fingerprint density at radius 1 is 0.706 bits per heavy atom. The maximum Gasteiger partial charge on any atom is 0.0916 e. The molecule has 2 aromatic carbocycles. The summed E-state index contributed by atoms with van der Waals surface area (Å²) >= 11 is 18.3. The third-order valence-corrected chi connectivity index (χ3v) is 3.71. The van der Waals surface area contributed by atoms with Crippen LogP contribution < -0.4 is 0 Å². The normalized spacial score (nSPS) is 11.5. The fourth-order valence-corrected chi connectivity index (χ4v) is 2.20. The van der Waals surface area contributed by atoms with Crippen molar-refractivity contribution >= 4 is 34.8 Å². The van der Waals surface area contributed by atoms with Crippen LogP contribution in [0.3, 0.4) is 0 Å². The summed E-state index contributed by atoms with van der Waals surface area (Å²) in [4.78, 5) is -0.574. The van der Waals surface area contributed by atoms with Crippen molar-refractivity contribution in [2.24, 2.45) is 0 Å². The summed E-state index contributed by atoms with van der Waals surface area (Å²) in [5.74, 6) is 0. The van der Waals surface area contributed by atoms with Gasteiger partial charge in [-0.05, 0) is 42.3 Å². The Balaban J connectivity index is 2.41. The molecule has 0 aromatic heterocycles. The van der Waals surface area contributed by atoms with E-state index in [9.17, 15) is 0 Å². The summed E-state index contributed by atoms with van der Waals surface area (Å²) in [5.41, 5.74) is 2.01. The second-order valence-electron chi connectivity index (χ2n) is 4.02. The van der Waals surface area contributed by atoms with Crippen molar-refractivity contribution in [2.45, 2.75) is 11.8 Å². The Morgan fingerprint density at radius 3 is 1.29 bits per heavy atom. The van der Waals surface area contributed by atoms with Crippen LogP contribution in [-0.2, 0) is 4.87 Å². The van der Waals surface area contributed by atoms with Crippen LogP contribution in [0.4, 0.5) is 0 Å². The van der Waals surface area contributed by atoms with Gasteiger partial charge >= 0.3 is 0 Å². The molecular formula is C14H11Cl3. The van der Waals surface area contributed by atoms with Gasteiger partial charge in [-0.1, -0.05) is 47.5 Å². The fourth-order valence-electron chi connectivity index (χ4n) is 1.69. The van der Waals surface area contributed by atoms with Crippen LogP contribution in [0.1, 0.15) is 18.1 Å². The van der Waals surface area contributed by atoms with Crippen LogP contribution in [0.25, 0.3) is 0 Å². The molecule has 0 spiro atoms. The molecule has 0 unspecified atom stereocenters. The van der Waals surface area contributed by atoms with Crippen molar-refractivity contribution in [3.05, 3.63) is 69.7 Å². The molecule has 0 N–H and O–H groups in total. The van der Waals surface area contributed by atoms with Gasteiger partial charge in [-0.15, -0.1) is 11.6 Å². The molecule has 2 aromatic rings. The molecule has 88 valence electrons. The van der Waals surface area contributed by atoms with Gasteiger partial charge in [0.1, 0.15) is 0 Å². The lowest BCUT2D eigenvalue weighted by Gasteiger charge is -2.23. The molecule has 0 aliphatic carbocycles. The summed E-state index contributed by atoms with van der Waals surface area (Å²) in [6.45, 7) is 1.96. The number of benzene rings is 2. The Morgan fingerprint density at radius 2 is 1.00 bits per heavy atom. The zero-order chi connectivity index (χ0) is 12.5. The van der Waals surface area contributed by atoms with Gasteiger partial charge in [-0.2, -0.15) is 0 Å². The molecule has 0 aliphatic heterocycles. The van der Waals surface area contributed by atoms with Crippen molar-refractivity contribution in [3.63, 3.8) is 0 Å². The van der Waals surface area contributed by atoms with E-state index in [0.717, 1.165) is 11.1 Å². The highest BCUT2D eigenvalue weighted by Gasteiger charge is 2.25. The molecule has 2 rings (SSSR count). The monoisotopic (exact) mass is 284 g/mol. The third kappa shape index (κ3) is 2.77. The molecule has 0 fully saturated rings. The lowest BCUT2D eigenvalue weighted by atomic mass is 9.92. The number of rotatable bonds is 2. The molecular weight excluding hydrogens is 275 g/mol. The average Bonchev–Trinajstić information content (AvgIpc) is 2.30. The molecule has 17 heavy (non-hydrogen) atoms. The van der Waals surface area contributed by atoms with Crippen LogP contribution in [0.2, 0.25) is 10.0 Å². The summed E-state index contributed by atoms with van der Waals surface area (Å²) in [6.07, 6.45) is 0. The number of hydrogen-bond acceptors (Lipinski definition) is 0. The standard InChI is InChI=1S/C14H11Cl3/c1-14(17,10-2-6-12(15)7-3-10)11-4-8-13(16)9-5-11/h2-9H,1H3. The molecule has 3 heteroatoms. The molecule has 0 radical (unpaired) electrons. The predicted molar refractivity (Wildman–Crippen MR) is 75.2 cm³/mol. The first-order chi connectivity index (χ1) is 8.00. The molecule has 0 amide bonds. The van der Waals surface area contributed by atoms with E-state index in [0.29, 0.717) is 10.0 Å². The smallest absolute Gasteiger partial charge is 0.0916 e. The van der Waals surface area contributed by atoms with E-state index < -0.39 is 4.87 Å². The fraction of sp³-hybridized carbons (Fsp3) is 0.143. The van der Waals surface area contributed by atoms with Crippen molar-refractivity contribution in [3.8, 4) is 0 Å². The van der Waals surface area contributed by atoms with Gasteiger partial charge in [-0.25, -0.2) is 0 Å². The summed E-state index contributed by atoms with van der Waals surface area (Å²) in [5, 5.41) is 1.41. The molecule has 0 nitrogen and oxygen atoms in total. The van der Waals surface area contributed by atoms with Gasteiger partial charge in [0, 0.05) is 10.0 Å². The maximum atomic E-state index is 6.61. The quantitative estimate of drug-likeness (QED) is 0.640. The van der Waals surface area contributed by atoms with E-state index in [1.807, 2.05) is 55.5 Å². The number of hydrogen-bond donors (Lipinski definition) is 0. The Kier molecular flexibility index (Phi) is 3.67. The van der Waals surface area contributed by atoms with E-state index in [2.05, 4.69) is 0 Å². The second-order valence-corrected chi connectivity index (χ2v) is 5.65. The van der Waals surface area contributed by atoms with Gasteiger partial charge in [0.15, 0.2) is 0 Å². The van der Waals surface area contributed by atoms with Gasteiger partial charge in [0.25, 0.3) is 0 Å². The van der Waals surface area contributed by atoms with E-state index in [1.54, 1.807) is 0 Å². The molecule has 0 saturated heterocycles. The third-order valence-electron chi connectivity index (χ3n) is 2.77. The van der Waals surface area contributed by atoms with Gasteiger partial charge < -0.3 is 0 Å². The first kappa shape index (κ1) is 12.8. The minimum atomic E-state index is -0.574. The zero-order valence-corrected chi connectivity index (χ0v) is 11.5. The highest BCUT2D eigenvalue weighted by molar-refractivity contribution is 6.31. The lowest BCUT2D eigenvalue weighted by Crippen LogP contribution is -2.15. The van der Waals surface area contributed by atoms with E-state index in [4.69, 9.17) is 34.8 Å².